The number of carbonyl (C=O) groups excluding carboxylic acids is 4. The molecule has 2 aliphatic rings. The number of piperidine rings is 1. The van der Waals surface area contributed by atoms with Gasteiger partial charge in [-0.15, -0.1) is 0 Å². The SMILES string of the molecule is CC[C@H](C)[C@@H](C(=O)OCC(=O)N1CCC(C)CC1)N1C(=O)c2ccccc2C1=O. The summed E-state index contributed by atoms with van der Waals surface area (Å²) in [5.41, 5.74) is 0.578. The Morgan fingerprint density at radius 2 is 1.66 bits per heavy atom. The van der Waals surface area contributed by atoms with Crippen LogP contribution in [0.2, 0.25) is 0 Å². The first kappa shape index (κ1) is 21.0. The number of ether oxygens (including phenoxy) is 1. The molecule has 0 N–H and O–H groups in total. The van der Waals surface area contributed by atoms with Crippen molar-refractivity contribution in [3.63, 3.8) is 0 Å². The van der Waals surface area contributed by atoms with E-state index in [4.69, 9.17) is 4.74 Å². The molecule has 3 rings (SSSR count). The summed E-state index contributed by atoms with van der Waals surface area (Å²) in [4.78, 5) is 53.6. The summed E-state index contributed by atoms with van der Waals surface area (Å²) in [6.07, 6.45) is 2.44. The van der Waals surface area contributed by atoms with E-state index in [2.05, 4.69) is 6.92 Å². The van der Waals surface area contributed by atoms with Gasteiger partial charge in [-0.1, -0.05) is 39.3 Å². The Morgan fingerprint density at radius 3 is 2.17 bits per heavy atom. The van der Waals surface area contributed by atoms with Crippen molar-refractivity contribution in [1.29, 1.82) is 0 Å². The fourth-order valence-electron chi connectivity index (χ4n) is 3.84. The second-order valence-corrected chi connectivity index (χ2v) is 8.03. The minimum absolute atomic E-state index is 0.240. The number of benzene rings is 1. The number of likely N-dealkylation sites (tertiary alicyclic amines) is 1. The Labute approximate surface area is 171 Å². The number of imide groups is 1. The molecule has 2 atom stereocenters. The minimum atomic E-state index is -1.05. The zero-order valence-electron chi connectivity index (χ0n) is 17.2. The number of nitrogens with zero attached hydrogens (tertiary/aromatic N) is 2. The number of amides is 3. The Kier molecular flexibility index (Phi) is 6.35. The zero-order valence-corrected chi connectivity index (χ0v) is 17.2. The van der Waals surface area contributed by atoms with Crippen molar-refractivity contribution in [2.24, 2.45) is 11.8 Å². The van der Waals surface area contributed by atoms with Crippen molar-refractivity contribution in [2.75, 3.05) is 19.7 Å². The lowest BCUT2D eigenvalue weighted by Crippen LogP contribution is -2.50. The maximum absolute atomic E-state index is 12.9. The van der Waals surface area contributed by atoms with E-state index < -0.39 is 23.8 Å². The topological polar surface area (TPSA) is 84.0 Å². The largest absolute Gasteiger partial charge is 0.454 e. The highest BCUT2D eigenvalue weighted by Crippen LogP contribution is 2.28. The third-order valence-electron chi connectivity index (χ3n) is 6.00. The standard InChI is InChI=1S/C22H28N2O5/c1-4-15(3)19(24-20(26)16-7-5-6-8-17(16)21(24)27)22(28)29-13-18(25)23-11-9-14(2)10-12-23/h5-8,14-15,19H,4,9-13H2,1-3H3/t15-,19-/m0/s1. The number of hydrogen-bond donors (Lipinski definition) is 0. The maximum Gasteiger partial charge on any atom is 0.330 e. The van der Waals surface area contributed by atoms with Crippen LogP contribution in [0.1, 0.15) is 60.7 Å². The first-order valence-electron chi connectivity index (χ1n) is 10.3. The number of carbonyl (C=O) groups is 4. The van der Waals surface area contributed by atoms with Gasteiger partial charge in [-0.3, -0.25) is 19.3 Å². The normalized spacial score (nSPS) is 19.1. The molecule has 0 aromatic heterocycles. The molecule has 156 valence electrons. The van der Waals surface area contributed by atoms with Crippen molar-refractivity contribution < 1.29 is 23.9 Å². The minimum Gasteiger partial charge on any atom is -0.454 e. The first-order chi connectivity index (χ1) is 13.8. The molecule has 0 spiro atoms. The predicted octanol–water partition coefficient (Wildman–Crippen LogP) is 2.50. The van der Waals surface area contributed by atoms with E-state index in [9.17, 15) is 19.2 Å². The first-order valence-corrected chi connectivity index (χ1v) is 10.3. The Morgan fingerprint density at radius 1 is 1.10 bits per heavy atom. The van der Waals surface area contributed by atoms with Gasteiger partial charge in [0.15, 0.2) is 6.61 Å². The fourth-order valence-corrected chi connectivity index (χ4v) is 3.84. The van der Waals surface area contributed by atoms with E-state index in [0.717, 1.165) is 17.7 Å². The Bertz CT molecular complexity index is 778. The molecular weight excluding hydrogens is 372 g/mol. The molecule has 2 heterocycles. The smallest absolute Gasteiger partial charge is 0.330 e. The fraction of sp³-hybridized carbons (Fsp3) is 0.545. The number of hydrogen-bond acceptors (Lipinski definition) is 5. The third kappa shape index (κ3) is 4.18. The molecular formula is C22H28N2O5. The van der Waals surface area contributed by atoms with E-state index in [0.29, 0.717) is 25.4 Å². The zero-order chi connectivity index (χ0) is 21.1. The highest BCUT2D eigenvalue weighted by atomic mass is 16.5. The van der Waals surface area contributed by atoms with E-state index in [-0.39, 0.29) is 29.6 Å². The van der Waals surface area contributed by atoms with Crippen LogP contribution in [0.15, 0.2) is 24.3 Å². The lowest BCUT2D eigenvalue weighted by atomic mass is 9.97. The average Bonchev–Trinajstić information content (AvgIpc) is 2.98. The van der Waals surface area contributed by atoms with Crippen molar-refractivity contribution >= 4 is 23.7 Å². The van der Waals surface area contributed by atoms with Gasteiger partial charge in [-0.2, -0.15) is 0 Å². The highest BCUT2D eigenvalue weighted by molar-refractivity contribution is 6.22. The van der Waals surface area contributed by atoms with Crippen molar-refractivity contribution in [3.8, 4) is 0 Å². The van der Waals surface area contributed by atoms with Gasteiger partial charge in [0.25, 0.3) is 17.7 Å². The molecule has 0 radical (unpaired) electrons. The molecule has 7 nitrogen and oxygen atoms in total. The average molecular weight is 400 g/mol. The predicted molar refractivity (Wildman–Crippen MR) is 106 cm³/mol. The molecule has 1 saturated heterocycles. The van der Waals surface area contributed by atoms with Gasteiger partial charge in [-0.25, -0.2) is 4.79 Å². The molecule has 1 fully saturated rings. The molecule has 0 unspecified atom stereocenters. The van der Waals surface area contributed by atoms with Gasteiger partial charge in [-0.05, 0) is 36.8 Å². The lowest BCUT2D eigenvalue weighted by molar-refractivity contribution is -0.157. The number of fused-ring (bicyclic) bond motifs is 1. The summed E-state index contributed by atoms with van der Waals surface area (Å²) in [7, 11) is 0. The number of esters is 1. The lowest BCUT2D eigenvalue weighted by Gasteiger charge is -2.31. The highest BCUT2D eigenvalue weighted by Gasteiger charge is 2.45. The van der Waals surface area contributed by atoms with Gasteiger partial charge in [0.1, 0.15) is 6.04 Å². The van der Waals surface area contributed by atoms with Crippen LogP contribution in [0.5, 0.6) is 0 Å². The summed E-state index contributed by atoms with van der Waals surface area (Å²) in [5.74, 6) is -1.66. The van der Waals surface area contributed by atoms with Gasteiger partial charge < -0.3 is 9.64 Å². The molecule has 0 bridgehead atoms. The molecule has 1 aromatic carbocycles. The monoisotopic (exact) mass is 400 g/mol. The van der Waals surface area contributed by atoms with Crippen LogP contribution in [0.3, 0.4) is 0 Å². The van der Waals surface area contributed by atoms with Gasteiger partial charge >= 0.3 is 5.97 Å². The van der Waals surface area contributed by atoms with Crippen molar-refractivity contribution in [1.82, 2.24) is 9.80 Å². The summed E-state index contributed by atoms with van der Waals surface area (Å²) < 4.78 is 5.30. The summed E-state index contributed by atoms with van der Waals surface area (Å²) in [5, 5.41) is 0. The molecule has 0 aliphatic carbocycles. The van der Waals surface area contributed by atoms with Gasteiger partial charge in [0.2, 0.25) is 0 Å². The number of rotatable bonds is 6. The molecule has 7 heteroatoms. The summed E-state index contributed by atoms with van der Waals surface area (Å²) >= 11 is 0. The van der Waals surface area contributed by atoms with Gasteiger partial charge in [0.05, 0.1) is 11.1 Å². The Balaban J connectivity index is 1.71. The van der Waals surface area contributed by atoms with Crippen LogP contribution in [0, 0.1) is 11.8 Å². The summed E-state index contributed by atoms with van der Waals surface area (Å²) in [6.45, 7) is 6.77. The van der Waals surface area contributed by atoms with Crippen LogP contribution >= 0.6 is 0 Å². The summed E-state index contributed by atoms with van der Waals surface area (Å²) in [6, 6.07) is 5.47. The molecule has 2 aliphatic heterocycles. The quantitative estimate of drug-likeness (QED) is 0.541. The van der Waals surface area contributed by atoms with Crippen LogP contribution < -0.4 is 0 Å². The van der Waals surface area contributed by atoms with E-state index >= 15 is 0 Å². The molecule has 1 aromatic rings. The van der Waals surface area contributed by atoms with Crippen molar-refractivity contribution in [2.45, 2.75) is 46.1 Å². The molecule has 29 heavy (non-hydrogen) atoms. The van der Waals surface area contributed by atoms with Crippen LogP contribution in [-0.4, -0.2) is 59.2 Å². The second-order valence-electron chi connectivity index (χ2n) is 8.03. The second kappa shape index (κ2) is 8.76. The third-order valence-corrected chi connectivity index (χ3v) is 6.00. The van der Waals surface area contributed by atoms with Crippen LogP contribution in [0.4, 0.5) is 0 Å². The van der Waals surface area contributed by atoms with Crippen LogP contribution in [0.25, 0.3) is 0 Å². The van der Waals surface area contributed by atoms with E-state index in [1.165, 1.54) is 0 Å². The molecule has 0 saturated carbocycles. The molecule has 3 amide bonds. The maximum atomic E-state index is 12.9. The van der Waals surface area contributed by atoms with Gasteiger partial charge in [0, 0.05) is 13.1 Å². The van der Waals surface area contributed by atoms with Crippen LogP contribution in [-0.2, 0) is 14.3 Å². The van der Waals surface area contributed by atoms with E-state index in [1.807, 2.05) is 6.92 Å². The van der Waals surface area contributed by atoms with E-state index in [1.54, 1.807) is 36.1 Å². The van der Waals surface area contributed by atoms with Crippen molar-refractivity contribution in [3.05, 3.63) is 35.4 Å². The Hall–Kier alpha value is -2.70.